The molecule has 0 unspecified atom stereocenters. The van der Waals surface area contributed by atoms with Crippen LogP contribution in [0.2, 0.25) is 0 Å². The molecule has 0 radical (unpaired) electrons. The Morgan fingerprint density at radius 2 is 1.54 bits per heavy atom. The van der Waals surface area contributed by atoms with Crippen LogP contribution in [0.1, 0.15) is 65.0 Å². The molecule has 0 fully saturated rings. The van der Waals surface area contributed by atoms with Crippen LogP contribution in [0.3, 0.4) is 0 Å². The third kappa shape index (κ3) is 7.96. The average molecular weight is 383 g/mol. The molecule has 2 nitrogen and oxygen atoms in total. The van der Waals surface area contributed by atoms with Crippen LogP contribution in [0.15, 0.2) is 48.5 Å². The molecule has 0 saturated carbocycles. The Morgan fingerprint density at radius 1 is 0.786 bits per heavy atom. The summed E-state index contributed by atoms with van der Waals surface area (Å²) in [5.74, 6) is 1.99. The number of benzene rings is 2. The van der Waals surface area contributed by atoms with Crippen LogP contribution in [0.25, 0.3) is 0 Å². The maximum atomic E-state index is 6.21. The number of methoxy groups -OCH3 is 1. The van der Waals surface area contributed by atoms with Crippen LogP contribution in [0.4, 0.5) is 0 Å². The van der Waals surface area contributed by atoms with E-state index in [-0.39, 0.29) is 5.41 Å². The van der Waals surface area contributed by atoms with Crippen molar-refractivity contribution in [3.63, 3.8) is 0 Å². The molecule has 2 aromatic carbocycles. The highest BCUT2D eigenvalue weighted by Crippen LogP contribution is 2.30. The third-order valence-corrected chi connectivity index (χ3v) is 5.38. The van der Waals surface area contributed by atoms with Gasteiger partial charge >= 0.3 is 0 Å². The number of ether oxygens (including phenoxy) is 2. The van der Waals surface area contributed by atoms with Gasteiger partial charge in [0.25, 0.3) is 0 Å². The van der Waals surface area contributed by atoms with E-state index in [1.807, 2.05) is 6.07 Å². The fourth-order valence-electron chi connectivity index (χ4n) is 3.23. The molecule has 0 saturated heterocycles. The molecule has 0 aromatic heterocycles. The van der Waals surface area contributed by atoms with Crippen LogP contribution in [0, 0.1) is 10.8 Å². The van der Waals surface area contributed by atoms with Crippen LogP contribution in [0.5, 0.6) is 11.5 Å². The summed E-state index contributed by atoms with van der Waals surface area (Å²) in [6.45, 7) is 12.3. The molecule has 0 bridgehead atoms. The van der Waals surface area contributed by atoms with E-state index in [2.05, 4.69) is 77.1 Å². The summed E-state index contributed by atoms with van der Waals surface area (Å²) >= 11 is 0. The molecular formula is C26H38O2. The molecule has 0 aliphatic carbocycles. The molecule has 0 N–H and O–H groups in total. The van der Waals surface area contributed by atoms with Gasteiger partial charge in [-0.15, -0.1) is 0 Å². The molecule has 0 heterocycles. The van der Waals surface area contributed by atoms with E-state index < -0.39 is 0 Å². The van der Waals surface area contributed by atoms with Crippen molar-refractivity contribution in [3.05, 3.63) is 59.7 Å². The highest BCUT2D eigenvalue weighted by atomic mass is 16.5. The number of hydrogen-bond donors (Lipinski definition) is 0. The molecule has 2 heteroatoms. The molecule has 0 spiro atoms. The zero-order valence-corrected chi connectivity index (χ0v) is 18.7. The summed E-state index contributed by atoms with van der Waals surface area (Å²) in [6.07, 6.45) is 5.48. The average Bonchev–Trinajstić information content (AvgIpc) is 2.65. The second-order valence-electron chi connectivity index (χ2n) is 9.78. The van der Waals surface area contributed by atoms with Crippen molar-refractivity contribution in [2.45, 2.75) is 66.7 Å². The summed E-state index contributed by atoms with van der Waals surface area (Å²) in [5.41, 5.74) is 3.24. The van der Waals surface area contributed by atoms with Gasteiger partial charge in [0.1, 0.15) is 11.5 Å². The van der Waals surface area contributed by atoms with Crippen molar-refractivity contribution in [3.8, 4) is 11.5 Å². The second kappa shape index (κ2) is 10.0. The predicted molar refractivity (Wildman–Crippen MR) is 119 cm³/mol. The first-order valence-corrected chi connectivity index (χ1v) is 10.5. The van der Waals surface area contributed by atoms with Crippen LogP contribution in [-0.2, 0) is 12.8 Å². The lowest BCUT2D eigenvalue weighted by molar-refractivity contribution is 0.216. The predicted octanol–water partition coefficient (Wildman–Crippen LogP) is 7.10. The molecule has 0 amide bonds. The first-order chi connectivity index (χ1) is 13.2. The Kier molecular flexibility index (Phi) is 7.98. The lowest BCUT2D eigenvalue weighted by Gasteiger charge is -2.25. The van der Waals surface area contributed by atoms with Gasteiger partial charge in [-0.05, 0) is 72.3 Å². The molecule has 2 aromatic rings. The van der Waals surface area contributed by atoms with Crippen LogP contribution >= 0.6 is 0 Å². The second-order valence-corrected chi connectivity index (χ2v) is 9.78. The maximum Gasteiger partial charge on any atom is 0.122 e. The van der Waals surface area contributed by atoms with Crippen LogP contribution < -0.4 is 9.47 Å². The molecule has 0 atom stereocenters. The smallest absolute Gasteiger partial charge is 0.122 e. The van der Waals surface area contributed by atoms with Gasteiger partial charge < -0.3 is 9.47 Å². The van der Waals surface area contributed by atoms with E-state index in [1.54, 1.807) is 7.11 Å². The Labute approximate surface area is 172 Å². The minimum absolute atomic E-state index is 0.240. The topological polar surface area (TPSA) is 18.5 Å². The standard InChI is InChI=1S/C26H38O2/c1-25(2,3)16-15-22-11-7-8-13-24(22)28-19-18-26(4,5)17-14-21-10-9-12-23(20-21)27-6/h7-13,20H,14-19H2,1-6H3. The summed E-state index contributed by atoms with van der Waals surface area (Å²) in [4.78, 5) is 0. The molecule has 0 aliphatic rings. The first kappa shape index (κ1) is 22.3. The minimum Gasteiger partial charge on any atom is -0.497 e. The number of para-hydroxylation sites is 1. The lowest BCUT2D eigenvalue weighted by Crippen LogP contribution is -2.17. The quantitative estimate of drug-likeness (QED) is 0.436. The van der Waals surface area contributed by atoms with Crippen molar-refractivity contribution in [1.82, 2.24) is 0 Å². The van der Waals surface area contributed by atoms with Crippen LogP contribution in [-0.4, -0.2) is 13.7 Å². The van der Waals surface area contributed by atoms with E-state index in [0.29, 0.717) is 5.41 Å². The van der Waals surface area contributed by atoms with Gasteiger partial charge in [-0.1, -0.05) is 65.0 Å². The number of hydrogen-bond acceptors (Lipinski definition) is 2. The molecular weight excluding hydrogens is 344 g/mol. The van der Waals surface area contributed by atoms with Crippen molar-refractivity contribution < 1.29 is 9.47 Å². The monoisotopic (exact) mass is 382 g/mol. The number of aryl methyl sites for hydroxylation is 2. The van der Waals surface area contributed by atoms with Gasteiger partial charge in [0.2, 0.25) is 0 Å². The number of rotatable bonds is 10. The minimum atomic E-state index is 0.240. The normalized spacial score (nSPS) is 12.1. The highest BCUT2D eigenvalue weighted by molar-refractivity contribution is 5.33. The van der Waals surface area contributed by atoms with Gasteiger partial charge in [0, 0.05) is 0 Å². The largest absolute Gasteiger partial charge is 0.497 e. The van der Waals surface area contributed by atoms with E-state index in [1.165, 1.54) is 17.5 Å². The molecule has 28 heavy (non-hydrogen) atoms. The zero-order valence-electron chi connectivity index (χ0n) is 18.7. The van der Waals surface area contributed by atoms with Gasteiger partial charge in [-0.25, -0.2) is 0 Å². The maximum absolute atomic E-state index is 6.21. The Bertz CT molecular complexity index is 725. The fourth-order valence-corrected chi connectivity index (χ4v) is 3.23. The van der Waals surface area contributed by atoms with E-state index in [0.717, 1.165) is 43.8 Å². The SMILES string of the molecule is COc1cccc(CCC(C)(C)CCOc2ccccc2CCC(C)(C)C)c1. The van der Waals surface area contributed by atoms with E-state index in [9.17, 15) is 0 Å². The summed E-state index contributed by atoms with van der Waals surface area (Å²) in [7, 11) is 1.72. The van der Waals surface area contributed by atoms with E-state index >= 15 is 0 Å². The summed E-state index contributed by atoms with van der Waals surface area (Å²) < 4.78 is 11.5. The fraction of sp³-hybridized carbons (Fsp3) is 0.538. The van der Waals surface area contributed by atoms with Crippen molar-refractivity contribution >= 4 is 0 Å². The van der Waals surface area contributed by atoms with Crippen molar-refractivity contribution in [2.24, 2.45) is 10.8 Å². The van der Waals surface area contributed by atoms with E-state index in [4.69, 9.17) is 9.47 Å². The van der Waals surface area contributed by atoms with Gasteiger partial charge in [0.05, 0.1) is 13.7 Å². The summed E-state index contributed by atoms with van der Waals surface area (Å²) in [5, 5.41) is 0. The van der Waals surface area contributed by atoms with Crippen molar-refractivity contribution in [1.29, 1.82) is 0 Å². The highest BCUT2D eigenvalue weighted by Gasteiger charge is 2.19. The van der Waals surface area contributed by atoms with Crippen molar-refractivity contribution in [2.75, 3.05) is 13.7 Å². The molecule has 2 rings (SSSR count). The molecule has 154 valence electrons. The van der Waals surface area contributed by atoms with Gasteiger partial charge in [-0.3, -0.25) is 0 Å². The molecule has 0 aliphatic heterocycles. The Morgan fingerprint density at radius 3 is 2.25 bits per heavy atom. The Hall–Kier alpha value is -1.96. The van der Waals surface area contributed by atoms with Gasteiger partial charge in [0.15, 0.2) is 0 Å². The third-order valence-electron chi connectivity index (χ3n) is 5.38. The lowest BCUT2D eigenvalue weighted by atomic mass is 9.83. The first-order valence-electron chi connectivity index (χ1n) is 10.5. The Balaban J connectivity index is 1.84. The van der Waals surface area contributed by atoms with Gasteiger partial charge in [-0.2, -0.15) is 0 Å². The summed E-state index contributed by atoms with van der Waals surface area (Å²) in [6, 6.07) is 16.9. The zero-order chi connectivity index (χ0) is 20.6.